The van der Waals surface area contributed by atoms with Crippen molar-refractivity contribution in [3.63, 3.8) is 0 Å². The predicted octanol–water partition coefficient (Wildman–Crippen LogP) is 2.15. The smallest absolute Gasteiger partial charge is 0.151 e. The van der Waals surface area contributed by atoms with E-state index < -0.39 is 0 Å². The van der Waals surface area contributed by atoms with Gasteiger partial charge in [0, 0.05) is 29.1 Å². The Morgan fingerprint density at radius 1 is 1.29 bits per heavy atom. The molecule has 1 aromatic heterocycles. The number of pyridine rings is 1. The van der Waals surface area contributed by atoms with E-state index in [0.717, 1.165) is 17.5 Å². The Hall–Kier alpha value is -2.36. The lowest BCUT2D eigenvalue weighted by Crippen LogP contribution is -1.92. The van der Waals surface area contributed by atoms with Crippen molar-refractivity contribution in [3.05, 3.63) is 42.1 Å². The van der Waals surface area contributed by atoms with Crippen molar-refractivity contribution in [3.8, 4) is 17.0 Å². The van der Waals surface area contributed by atoms with E-state index in [2.05, 4.69) is 4.98 Å². The van der Waals surface area contributed by atoms with E-state index in [0.29, 0.717) is 17.0 Å². The number of nitrogens with zero attached hydrogens (tertiary/aromatic N) is 1. The van der Waals surface area contributed by atoms with Gasteiger partial charge in [-0.2, -0.15) is 0 Å². The van der Waals surface area contributed by atoms with Crippen LogP contribution in [0.4, 0.5) is 5.69 Å². The number of anilines is 1. The van der Waals surface area contributed by atoms with Gasteiger partial charge in [-0.25, -0.2) is 0 Å². The Bertz CT molecular complexity index is 536. The highest BCUT2D eigenvalue weighted by Gasteiger charge is 2.03. The first-order valence-electron chi connectivity index (χ1n) is 5.09. The number of aldehydes is 1. The highest BCUT2D eigenvalue weighted by Crippen LogP contribution is 2.25. The molecule has 0 amide bonds. The molecule has 0 spiro atoms. The maximum atomic E-state index is 10.5. The number of nitrogens with two attached hydrogens (primary N) is 1. The first-order valence-corrected chi connectivity index (χ1v) is 5.09. The number of hydrogen-bond donors (Lipinski definition) is 1. The number of hydrogen-bond acceptors (Lipinski definition) is 4. The molecule has 1 heterocycles. The molecule has 0 fully saturated rings. The van der Waals surface area contributed by atoms with Crippen LogP contribution in [0.15, 0.2) is 36.5 Å². The van der Waals surface area contributed by atoms with Gasteiger partial charge in [-0.3, -0.25) is 9.78 Å². The van der Waals surface area contributed by atoms with Gasteiger partial charge in [-0.15, -0.1) is 0 Å². The molecule has 0 aliphatic carbocycles. The van der Waals surface area contributed by atoms with Crippen LogP contribution < -0.4 is 10.5 Å². The van der Waals surface area contributed by atoms with Gasteiger partial charge in [0.2, 0.25) is 0 Å². The van der Waals surface area contributed by atoms with E-state index >= 15 is 0 Å². The molecule has 0 radical (unpaired) electrons. The van der Waals surface area contributed by atoms with Gasteiger partial charge in [0.1, 0.15) is 5.75 Å². The fourth-order valence-corrected chi connectivity index (χ4v) is 1.53. The Balaban J connectivity index is 2.44. The summed E-state index contributed by atoms with van der Waals surface area (Å²) >= 11 is 0. The Kier molecular flexibility index (Phi) is 3.05. The quantitative estimate of drug-likeness (QED) is 0.645. The second-order valence-corrected chi connectivity index (χ2v) is 3.59. The Morgan fingerprint density at radius 2 is 2.12 bits per heavy atom. The first-order chi connectivity index (χ1) is 8.22. The van der Waals surface area contributed by atoms with Gasteiger partial charge in [-0.1, -0.05) is 0 Å². The Labute approximate surface area is 99.1 Å². The van der Waals surface area contributed by atoms with Crippen molar-refractivity contribution in [2.75, 3.05) is 12.8 Å². The SMILES string of the molecule is COc1cc(N)cc(-c2ccc(C=O)cn2)c1. The molecular formula is C13H12N2O2. The third-order valence-corrected chi connectivity index (χ3v) is 2.38. The van der Waals surface area contributed by atoms with E-state index in [1.165, 1.54) is 6.20 Å². The molecule has 4 heteroatoms. The van der Waals surface area contributed by atoms with E-state index in [1.54, 1.807) is 25.3 Å². The standard InChI is InChI=1S/C13H12N2O2/c1-17-12-5-10(4-11(14)6-12)13-3-2-9(8-16)7-15-13/h2-8H,14H2,1H3. The van der Waals surface area contributed by atoms with E-state index in [9.17, 15) is 4.79 Å². The molecule has 0 atom stereocenters. The predicted molar refractivity (Wildman–Crippen MR) is 66.0 cm³/mol. The number of aromatic nitrogens is 1. The van der Waals surface area contributed by atoms with Gasteiger partial charge < -0.3 is 10.5 Å². The molecule has 17 heavy (non-hydrogen) atoms. The summed E-state index contributed by atoms with van der Waals surface area (Å²) in [5, 5.41) is 0. The molecule has 0 bridgehead atoms. The van der Waals surface area contributed by atoms with Crippen LogP contribution in [-0.4, -0.2) is 18.4 Å². The molecule has 2 aromatic rings. The second kappa shape index (κ2) is 4.65. The van der Waals surface area contributed by atoms with Crippen LogP contribution in [0, 0.1) is 0 Å². The average molecular weight is 228 g/mol. The van der Waals surface area contributed by atoms with Crippen molar-refractivity contribution in [2.45, 2.75) is 0 Å². The zero-order chi connectivity index (χ0) is 12.3. The van der Waals surface area contributed by atoms with Crippen molar-refractivity contribution < 1.29 is 9.53 Å². The van der Waals surface area contributed by atoms with Crippen molar-refractivity contribution in [2.24, 2.45) is 0 Å². The molecule has 2 N–H and O–H groups in total. The second-order valence-electron chi connectivity index (χ2n) is 3.59. The Morgan fingerprint density at radius 3 is 2.71 bits per heavy atom. The van der Waals surface area contributed by atoms with Gasteiger partial charge in [0.15, 0.2) is 6.29 Å². The zero-order valence-electron chi connectivity index (χ0n) is 9.38. The molecular weight excluding hydrogens is 216 g/mol. The third-order valence-electron chi connectivity index (χ3n) is 2.38. The maximum absolute atomic E-state index is 10.5. The lowest BCUT2D eigenvalue weighted by atomic mass is 10.1. The molecule has 2 rings (SSSR count). The number of methoxy groups -OCH3 is 1. The van der Waals surface area contributed by atoms with Gasteiger partial charge >= 0.3 is 0 Å². The highest BCUT2D eigenvalue weighted by molar-refractivity contribution is 5.75. The summed E-state index contributed by atoms with van der Waals surface area (Å²) in [6.45, 7) is 0. The van der Waals surface area contributed by atoms with Gasteiger partial charge in [0.25, 0.3) is 0 Å². The van der Waals surface area contributed by atoms with E-state index in [1.807, 2.05) is 12.1 Å². The van der Waals surface area contributed by atoms with Crippen molar-refractivity contribution >= 4 is 12.0 Å². The average Bonchev–Trinajstić information content (AvgIpc) is 2.38. The first kappa shape index (κ1) is 11.1. The van der Waals surface area contributed by atoms with Crippen molar-refractivity contribution in [1.29, 1.82) is 0 Å². The molecule has 0 aliphatic heterocycles. The molecule has 86 valence electrons. The minimum absolute atomic E-state index is 0.546. The molecule has 0 saturated heterocycles. The number of carbonyl (C=O) groups excluding carboxylic acids is 1. The largest absolute Gasteiger partial charge is 0.497 e. The van der Waals surface area contributed by atoms with Crippen LogP contribution in [0.2, 0.25) is 0 Å². The van der Waals surface area contributed by atoms with E-state index in [-0.39, 0.29) is 0 Å². The molecule has 1 aromatic carbocycles. The van der Waals surface area contributed by atoms with Gasteiger partial charge in [0.05, 0.1) is 12.8 Å². The zero-order valence-corrected chi connectivity index (χ0v) is 9.38. The number of rotatable bonds is 3. The minimum Gasteiger partial charge on any atom is -0.497 e. The summed E-state index contributed by atoms with van der Waals surface area (Å²) in [5.41, 5.74) is 8.53. The summed E-state index contributed by atoms with van der Waals surface area (Å²) in [4.78, 5) is 14.7. The lowest BCUT2D eigenvalue weighted by molar-refractivity contribution is 0.112. The summed E-state index contributed by atoms with van der Waals surface area (Å²) in [6.07, 6.45) is 2.29. The topological polar surface area (TPSA) is 65.2 Å². The normalized spacial score (nSPS) is 9.94. The summed E-state index contributed by atoms with van der Waals surface area (Å²) in [7, 11) is 1.58. The molecule has 0 saturated carbocycles. The number of benzene rings is 1. The van der Waals surface area contributed by atoms with Crippen LogP contribution >= 0.6 is 0 Å². The summed E-state index contributed by atoms with van der Waals surface area (Å²) in [5.74, 6) is 0.682. The van der Waals surface area contributed by atoms with Crippen LogP contribution in [-0.2, 0) is 0 Å². The number of ether oxygens (including phenoxy) is 1. The van der Waals surface area contributed by atoms with Gasteiger partial charge in [-0.05, 0) is 24.3 Å². The van der Waals surface area contributed by atoms with Crippen LogP contribution in [0.25, 0.3) is 11.3 Å². The summed E-state index contributed by atoms with van der Waals surface area (Å²) < 4.78 is 5.14. The fraction of sp³-hybridized carbons (Fsp3) is 0.0769. The third kappa shape index (κ3) is 2.42. The molecule has 0 aliphatic rings. The molecule has 0 unspecified atom stereocenters. The lowest BCUT2D eigenvalue weighted by Gasteiger charge is -2.06. The monoisotopic (exact) mass is 228 g/mol. The number of carbonyl (C=O) groups is 1. The summed E-state index contributed by atoms with van der Waals surface area (Å²) in [6, 6.07) is 8.89. The maximum Gasteiger partial charge on any atom is 0.151 e. The molecule has 4 nitrogen and oxygen atoms in total. The fourth-order valence-electron chi connectivity index (χ4n) is 1.53. The van der Waals surface area contributed by atoms with Crippen LogP contribution in [0.3, 0.4) is 0 Å². The van der Waals surface area contributed by atoms with E-state index in [4.69, 9.17) is 10.5 Å². The van der Waals surface area contributed by atoms with Crippen LogP contribution in [0.5, 0.6) is 5.75 Å². The number of nitrogen functional groups attached to an aromatic ring is 1. The minimum atomic E-state index is 0.546. The highest BCUT2D eigenvalue weighted by atomic mass is 16.5. The van der Waals surface area contributed by atoms with Crippen molar-refractivity contribution in [1.82, 2.24) is 4.98 Å². The van der Waals surface area contributed by atoms with Crippen LogP contribution in [0.1, 0.15) is 10.4 Å².